The van der Waals surface area contributed by atoms with Crippen LogP contribution in [0.1, 0.15) is 19.3 Å². The summed E-state index contributed by atoms with van der Waals surface area (Å²) in [6, 6.07) is 0.704. The van der Waals surface area contributed by atoms with Gasteiger partial charge in [0.05, 0.1) is 0 Å². The van der Waals surface area contributed by atoms with E-state index >= 15 is 0 Å². The Balaban J connectivity index is 2.06. The molecule has 1 fully saturated rings. The summed E-state index contributed by atoms with van der Waals surface area (Å²) in [7, 11) is 2.19. The van der Waals surface area contributed by atoms with E-state index in [-0.39, 0.29) is 0 Å². The fraction of sp³-hybridized carbons (Fsp3) is 1.00. The summed E-state index contributed by atoms with van der Waals surface area (Å²) in [4.78, 5) is 2.39. The fourth-order valence-corrected chi connectivity index (χ4v) is 1.72. The topological polar surface area (TPSA) is 41.3 Å². The zero-order valence-corrected chi connectivity index (χ0v) is 8.05. The highest BCUT2D eigenvalue weighted by molar-refractivity contribution is 4.76. The maximum atomic E-state index is 5.44. The van der Waals surface area contributed by atoms with Crippen LogP contribution in [0.5, 0.6) is 0 Å². The number of nitrogens with zero attached hydrogens (tertiary/aromatic N) is 1. The first-order valence-corrected chi connectivity index (χ1v) is 4.95. The van der Waals surface area contributed by atoms with E-state index in [2.05, 4.69) is 17.3 Å². The summed E-state index contributed by atoms with van der Waals surface area (Å²) in [6.07, 6.45) is 3.71. The second kappa shape index (κ2) is 5.51. The van der Waals surface area contributed by atoms with Gasteiger partial charge in [-0.05, 0) is 26.4 Å². The molecule has 1 aliphatic rings. The molecule has 1 heterocycles. The molecule has 1 saturated heterocycles. The molecule has 0 aromatic heterocycles. The fourth-order valence-electron chi connectivity index (χ4n) is 1.72. The first kappa shape index (κ1) is 9.96. The van der Waals surface area contributed by atoms with Crippen molar-refractivity contribution in [3.63, 3.8) is 0 Å². The van der Waals surface area contributed by atoms with Crippen LogP contribution in [-0.2, 0) is 0 Å². The third-order valence-corrected chi connectivity index (χ3v) is 2.47. The molecular weight excluding hydrogens is 150 g/mol. The van der Waals surface area contributed by atoms with Gasteiger partial charge in [0, 0.05) is 25.7 Å². The number of unbranched alkanes of at least 4 members (excludes halogenated alkanes) is 1. The number of hydrogen-bond acceptors (Lipinski definition) is 3. The molecule has 0 aliphatic carbocycles. The summed E-state index contributed by atoms with van der Waals surface area (Å²) < 4.78 is 0. The second-order valence-corrected chi connectivity index (χ2v) is 3.70. The summed E-state index contributed by atoms with van der Waals surface area (Å²) in [5.74, 6) is 0. The Bertz CT molecular complexity index is 116. The number of likely N-dealkylation sites (N-methyl/N-ethyl adjacent to an activating group) is 1. The van der Waals surface area contributed by atoms with E-state index in [0.717, 1.165) is 13.1 Å². The SMILES string of the molecule is CN1CCNC(CCCCN)C1. The summed E-state index contributed by atoms with van der Waals surface area (Å²) in [5, 5.41) is 3.53. The standard InChI is InChI=1S/C9H21N3/c1-12-7-6-11-9(8-12)4-2-3-5-10/h9,11H,2-8,10H2,1H3. The van der Waals surface area contributed by atoms with Gasteiger partial charge in [0.1, 0.15) is 0 Å². The van der Waals surface area contributed by atoms with E-state index in [9.17, 15) is 0 Å². The monoisotopic (exact) mass is 171 g/mol. The third-order valence-electron chi connectivity index (χ3n) is 2.47. The molecule has 1 aliphatic heterocycles. The molecule has 0 amide bonds. The van der Waals surface area contributed by atoms with E-state index in [1.807, 2.05) is 0 Å². The van der Waals surface area contributed by atoms with Crippen molar-refractivity contribution in [1.29, 1.82) is 0 Å². The minimum absolute atomic E-state index is 0.704. The highest BCUT2D eigenvalue weighted by Gasteiger charge is 2.14. The number of nitrogens with two attached hydrogens (primary N) is 1. The Morgan fingerprint density at radius 1 is 1.50 bits per heavy atom. The van der Waals surface area contributed by atoms with Gasteiger partial charge >= 0.3 is 0 Å². The average molecular weight is 171 g/mol. The van der Waals surface area contributed by atoms with Crippen LogP contribution >= 0.6 is 0 Å². The Labute approximate surface area is 75.3 Å². The van der Waals surface area contributed by atoms with Crippen LogP contribution in [0.2, 0.25) is 0 Å². The van der Waals surface area contributed by atoms with E-state index in [4.69, 9.17) is 5.73 Å². The molecule has 12 heavy (non-hydrogen) atoms. The molecule has 0 spiro atoms. The van der Waals surface area contributed by atoms with E-state index < -0.39 is 0 Å². The van der Waals surface area contributed by atoms with Crippen molar-refractivity contribution in [2.75, 3.05) is 33.2 Å². The van der Waals surface area contributed by atoms with Crippen molar-refractivity contribution in [3.8, 4) is 0 Å². The van der Waals surface area contributed by atoms with E-state index in [1.54, 1.807) is 0 Å². The van der Waals surface area contributed by atoms with Gasteiger partial charge in [-0.1, -0.05) is 6.42 Å². The molecular formula is C9H21N3. The van der Waals surface area contributed by atoms with Crippen molar-refractivity contribution in [1.82, 2.24) is 10.2 Å². The van der Waals surface area contributed by atoms with Crippen molar-refractivity contribution in [3.05, 3.63) is 0 Å². The van der Waals surface area contributed by atoms with Gasteiger partial charge in [-0.25, -0.2) is 0 Å². The third kappa shape index (κ3) is 3.52. The van der Waals surface area contributed by atoms with Gasteiger partial charge in [-0.2, -0.15) is 0 Å². The van der Waals surface area contributed by atoms with Gasteiger partial charge in [0.25, 0.3) is 0 Å². The predicted octanol–water partition coefficient (Wildman–Crippen LogP) is 0.0190. The Hall–Kier alpha value is -0.120. The van der Waals surface area contributed by atoms with Crippen LogP contribution in [0.25, 0.3) is 0 Å². The number of hydrogen-bond donors (Lipinski definition) is 2. The molecule has 0 radical (unpaired) electrons. The van der Waals surface area contributed by atoms with E-state index in [1.165, 1.54) is 32.4 Å². The summed E-state index contributed by atoms with van der Waals surface area (Å²) >= 11 is 0. The maximum Gasteiger partial charge on any atom is 0.0195 e. The molecule has 3 N–H and O–H groups in total. The molecule has 3 heteroatoms. The molecule has 72 valence electrons. The Kier molecular flexibility index (Phi) is 4.58. The van der Waals surface area contributed by atoms with Crippen molar-refractivity contribution >= 4 is 0 Å². The lowest BCUT2D eigenvalue weighted by molar-refractivity contribution is 0.229. The molecule has 1 atom stereocenters. The molecule has 0 aromatic carbocycles. The normalized spacial score (nSPS) is 26.0. The maximum absolute atomic E-state index is 5.44. The average Bonchev–Trinajstić information content (AvgIpc) is 2.05. The first-order valence-electron chi connectivity index (χ1n) is 4.95. The quantitative estimate of drug-likeness (QED) is 0.586. The van der Waals surface area contributed by atoms with Gasteiger partial charge in [0.2, 0.25) is 0 Å². The van der Waals surface area contributed by atoms with Gasteiger partial charge in [-0.3, -0.25) is 0 Å². The number of nitrogens with one attached hydrogen (secondary N) is 1. The highest BCUT2D eigenvalue weighted by Crippen LogP contribution is 2.04. The van der Waals surface area contributed by atoms with Crippen LogP contribution in [0, 0.1) is 0 Å². The van der Waals surface area contributed by atoms with Crippen LogP contribution in [0.15, 0.2) is 0 Å². The zero-order chi connectivity index (χ0) is 8.81. The minimum Gasteiger partial charge on any atom is -0.330 e. The summed E-state index contributed by atoms with van der Waals surface area (Å²) in [6.45, 7) is 4.37. The van der Waals surface area contributed by atoms with Gasteiger partial charge < -0.3 is 16.0 Å². The van der Waals surface area contributed by atoms with Crippen molar-refractivity contribution in [2.45, 2.75) is 25.3 Å². The summed E-state index contributed by atoms with van der Waals surface area (Å²) in [5.41, 5.74) is 5.44. The predicted molar refractivity (Wildman–Crippen MR) is 52.2 cm³/mol. The molecule has 0 aromatic rings. The van der Waals surface area contributed by atoms with Crippen LogP contribution in [0.3, 0.4) is 0 Å². The largest absolute Gasteiger partial charge is 0.330 e. The van der Waals surface area contributed by atoms with Crippen LogP contribution in [0.4, 0.5) is 0 Å². The van der Waals surface area contributed by atoms with Gasteiger partial charge in [0.15, 0.2) is 0 Å². The minimum atomic E-state index is 0.704. The number of rotatable bonds is 4. The molecule has 0 saturated carbocycles. The van der Waals surface area contributed by atoms with Gasteiger partial charge in [-0.15, -0.1) is 0 Å². The van der Waals surface area contributed by atoms with Crippen LogP contribution in [-0.4, -0.2) is 44.2 Å². The highest BCUT2D eigenvalue weighted by atomic mass is 15.2. The second-order valence-electron chi connectivity index (χ2n) is 3.70. The lowest BCUT2D eigenvalue weighted by atomic mass is 10.1. The Morgan fingerprint density at radius 3 is 3.00 bits per heavy atom. The Morgan fingerprint density at radius 2 is 2.33 bits per heavy atom. The zero-order valence-electron chi connectivity index (χ0n) is 8.05. The number of piperazine rings is 1. The molecule has 1 unspecified atom stereocenters. The van der Waals surface area contributed by atoms with E-state index in [0.29, 0.717) is 6.04 Å². The molecule has 1 rings (SSSR count). The first-order chi connectivity index (χ1) is 5.83. The lowest BCUT2D eigenvalue weighted by Gasteiger charge is -2.30. The van der Waals surface area contributed by atoms with Crippen LogP contribution < -0.4 is 11.1 Å². The smallest absolute Gasteiger partial charge is 0.0195 e. The van der Waals surface area contributed by atoms with Crippen molar-refractivity contribution in [2.24, 2.45) is 5.73 Å². The molecule has 3 nitrogen and oxygen atoms in total. The van der Waals surface area contributed by atoms with Crippen molar-refractivity contribution < 1.29 is 0 Å². The lowest BCUT2D eigenvalue weighted by Crippen LogP contribution is -2.48. The molecule has 0 bridgehead atoms.